The van der Waals surface area contributed by atoms with Crippen molar-refractivity contribution in [3.8, 4) is 0 Å². The quantitative estimate of drug-likeness (QED) is 0.777. The predicted octanol–water partition coefficient (Wildman–Crippen LogP) is 1.63. The van der Waals surface area contributed by atoms with Gasteiger partial charge in [-0.05, 0) is 12.1 Å². The average molecular weight is 311 g/mol. The lowest BCUT2D eigenvalue weighted by Crippen LogP contribution is -2.33. The summed E-state index contributed by atoms with van der Waals surface area (Å²) in [5.74, 6) is -0.824. The Morgan fingerprint density at radius 3 is 2.75 bits per heavy atom. The van der Waals surface area contributed by atoms with E-state index in [1.807, 2.05) is 0 Å². The SMILES string of the molecule is CCN(CCBr)S(=O)(=O)c1ncccc1F. The van der Waals surface area contributed by atoms with E-state index in [1.165, 1.54) is 16.6 Å². The number of pyridine rings is 1. The Kier molecular flexibility index (Phi) is 4.82. The summed E-state index contributed by atoms with van der Waals surface area (Å²) in [4.78, 5) is 3.58. The Balaban J connectivity index is 3.15. The van der Waals surface area contributed by atoms with Crippen LogP contribution in [0.5, 0.6) is 0 Å². The number of aromatic nitrogens is 1. The van der Waals surface area contributed by atoms with Gasteiger partial charge in [0.1, 0.15) is 0 Å². The summed E-state index contributed by atoms with van der Waals surface area (Å²) in [6, 6.07) is 2.44. The highest BCUT2D eigenvalue weighted by Crippen LogP contribution is 2.16. The van der Waals surface area contributed by atoms with Crippen molar-refractivity contribution in [3.05, 3.63) is 24.1 Å². The summed E-state index contributed by atoms with van der Waals surface area (Å²) >= 11 is 3.15. The number of sulfonamides is 1. The van der Waals surface area contributed by atoms with Gasteiger partial charge in [0.15, 0.2) is 5.82 Å². The number of rotatable bonds is 5. The van der Waals surface area contributed by atoms with Crippen molar-refractivity contribution in [3.63, 3.8) is 0 Å². The van der Waals surface area contributed by atoms with Crippen molar-refractivity contribution >= 4 is 26.0 Å². The first-order chi connectivity index (χ1) is 7.54. The summed E-state index contributed by atoms with van der Waals surface area (Å²) in [6.07, 6.45) is 1.26. The predicted molar refractivity (Wildman–Crippen MR) is 62.4 cm³/mol. The maximum Gasteiger partial charge on any atom is 0.263 e. The van der Waals surface area contributed by atoms with Gasteiger partial charge in [0.05, 0.1) is 0 Å². The molecule has 1 heterocycles. The minimum atomic E-state index is -3.83. The van der Waals surface area contributed by atoms with E-state index in [4.69, 9.17) is 0 Å². The first-order valence-electron chi connectivity index (χ1n) is 4.70. The van der Waals surface area contributed by atoms with Crippen LogP contribution in [0, 0.1) is 5.82 Å². The maximum absolute atomic E-state index is 13.3. The van der Waals surface area contributed by atoms with Crippen molar-refractivity contribution < 1.29 is 12.8 Å². The second kappa shape index (κ2) is 5.70. The molecule has 1 aromatic heterocycles. The minimum Gasteiger partial charge on any atom is -0.241 e. The molecule has 0 amide bonds. The molecule has 0 N–H and O–H groups in total. The van der Waals surface area contributed by atoms with E-state index in [2.05, 4.69) is 20.9 Å². The average Bonchev–Trinajstić information content (AvgIpc) is 2.26. The molecule has 0 fully saturated rings. The third-order valence-electron chi connectivity index (χ3n) is 2.00. The molecule has 1 rings (SSSR count). The van der Waals surface area contributed by atoms with E-state index in [0.717, 1.165) is 6.07 Å². The standard InChI is InChI=1S/C9H12BrFN2O2S/c1-2-13(7-5-10)16(14,15)9-8(11)4-3-6-12-9/h3-4,6H,2,5,7H2,1H3. The van der Waals surface area contributed by atoms with Crippen LogP contribution < -0.4 is 0 Å². The Labute approximate surface area is 103 Å². The molecule has 0 aliphatic heterocycles. The van der Waals surface area contributed by atoms with Crippen molar-refractivity contribution in [2.24, 2.45) is 0 Å². The molecule has 0 saturated carbocycles. The van der Waals surface area contributed by atoms with Crippen molar-refractivity contribution in [1.29, 1.82) is 0 Å². The Morgan fingerprint density at radius 1 is 1.56 bits per heavy atom. The van der Waals surface area contributed by atoms with Gasteiger partial charge in [0, 0.05) is 24.6 Å². The van der Waals surface area contributed by atoms with Gasteiger partial charge in [-0.1, -0.05) is 22.9 Å². The molecule has 4 nitrogen and oxygen atoms in total. The number of nitrogens with zero attached hydrogens (tertiary/aromatic N) is 2. The zero-order chi connectivity index (χ0) is 12.2. The van der Waals surface area contributed by atoms with Crippen molar-refractivity contribution in [2.45, 2.75) is 11.9 Å². The van der Waals surface area contributed by atoms with Gasteiger partial charge in [0.2, 0.25) is 5.03 Å². The Bertz CT molecular complexity index is 453. The smallest absolute Gasteiger partial charge is 0.241 e. The maximum atomic E-state index is 13.3. The van der Waals surface area contributed by atoms with Crippen LogP contribution in [0.1, 0.15) is 6.92 Å². The molecule has 0 atom stereocenters. The van der Waals surface area contributed by atoms with Crippen LogP contribution in [-0.2, 0) is 10.0 Å². The summed E-state index contributed by atoms with van der Waals surface area (Å²) in [6.45, 7) is 2.26. The highest BCUT2D eigenvalue weighted by molar-refractivity contribution is 9.09. The normalized spacial score (nSPS) is 12.0. The highest BCUT2D eigenvalue weighted by Gasteiger charge is 2.26. The van der Waals surface area contributed by atoms with Gasteiger partial charge in [0.25, 0.3) is 10.0 Å². The number of hydrogen-bond donors (Lipinski definition) is 0. The molecular weight excluding hydrogens is 299 g/mol. The fourth-order valence-electron chi connectivity index (χ4n) is 1.23. The number of hydrogen-bond acceptors (Lipinski definition) is 3. The summed E-state index contributed by atoms with van der Waals surface area (Å²) < 4.78 is 38.5. The zero-order valence-electron chi connectivity index (χ0n) is 8.73. The molecule has 0 radical (unpaired) electrons. The van der Waals surface area contributed by atoms with Crippen LogP contribution in [-0.4, -0.2) is 36.1 Å². The summed E-state index contributed by atoms with van der Waals surface area (Å²) in [5.41, 5.74) is 0. The van der Waals surface area contributed by atoms with E-state index in [-0.39, 0.29) is 13.1 Å². The molecule has 7 heteroatoms. The molecular formula is C9H12BrFN2O2S. The van der Waals surface area contributed by atoms with Gasteiger partial charge in [-0.25, -0.2) is 17.8 Å². The van der Waals surface area contributed by atoms with Gasteiger partial charge in [-0.15, -0.1) is 0 Å². The van der Waals surface area contributed by atoms with Gasteiger partial charge in [-0.3, -0.25) is 0 Å². The molecule has 0 aromatic carbocycles. The topological polar surface area (TPSA) is 50.3 Å². The van der Waals surface area contributed by atoms with Crippen molar-refractivity contribution in [2.75, 3.05) is 18.4 Å². The van der Waals surface area contributed by atoms with Gasteiger partial charge < -0.3 is 0 Å². The number of halogens is 2. The van der Waals surface area contributed by atoms with E-state index in [9.17, 15) is 12.8 Å². The van der Waals surface area contributed by atoms with Crippen LogP contribution in [0.2, 0.25) is 0 Å². The molecule has 0 bridgehead atoms. The van der Waals surface area contributed by atoms with Gasteiger partial charge >= 0.3 is 0 Å². The van der Waals surface area contributed by atoms with E-state index in [0.29, 0.717) is 5.33 Å². The van der Waals surface area contributed by atoms with Crippen LogP contribution >= 0.6 is 15.9 Å². The fraction of sp³-hybridized carbons (Fsp3) is 0.444. The first kappa shape index (κ1) is 13.5. The molecule has 0 aliphatic carbocycles. The second-order valence-electron chi connectivity index (χ2n) is 2.98. The largest absolute Gasteiger partial charge is 0.263 e. The third kappa shape index (κ3) is 2.78. The van der Waals surface area contributed by atoms with Crippen LogP contribution in [0.3, 0.4) is 0 Å². The molecule has 0 unspecified atom stereocenters. The van der Waals surface area contributed by atoms with Crippen LogP contribution in [0.4, 0.5) is 4.39 Å². The van der Waals surface area contributed by atoms with Crippen LogP contribution in [0.15, 0.2) is 23.4 Å². The minimum absolute atomic E-state index is 0.282. The molecule has 0 spiro atoms. The van der Waals surface area contributed by atoms with E-state index in [1.54, 1.807) is 6.92 Å². The zero-order valence-corrected chi connectivity index (χ0v) is 11.1. The Morgan fingerprint density at radius 2 is 2.25 bits per heavy atom. The molecule has 0 saturated heterocycles. The molecule has 90 valence electrons. The van der Waals surface area contributed by atoms with Crippen molar-refractivity contribution in [1.82, 2.24) is 9.29 Å². The van der Waals surface area contributed by atoms with E-state index < -0.39 is 20.9 Å². The van der Waals surface area contributed by atoms with Crippen LogP contribution in [0.25, 0.3) is 0 Å². The second-order valence-corrected chi connectivity index (χ2v) is 5.62. The highest BCUT2D eigenvalue weighted by atomic mass is 79.9. The first-order valence-corrected chi connectivity index (χ1v) is 7.26. The van der Waals surface area contributed by atoms with Gasteiger partial charge in [-0.2, -0.15) is 4.31 Å². The summed E-state index contributed by atoms with van der Waals surface area (Å²) in [5, 5.41) is -0.0214. The lowest BCUT2D eigenvalue weighted by molar-refractivity contribution is 0.438. The molecule has 16 heavy (non-hydrogen) atoms. The fourth-order valence-corrected chi connectivity index (χ4v) is 3.31. The number of alkyl halides is 1. The lowest BCUT2D eigenvalue weighted by Gasteiger charge is -2.18. The Hall–Kier alpha value is -0.530. The van der Waals surface area contributed by atoms with E-state index >= 15 is 0 Å². The summed E-state index contributed by atoms with van der Waals surface area (Å²) in [7, 11) is -3.83. The molecule has 0 aliphatic rings. The molecule has 1 aromatic rings. The third-order valence-corrected chi connectivity index (χ3v) is 4.26. The lowest BCUT2D eigenvalue weighted by atomic mass is 10.5. The monoisotopic (exact) mass is 310 g/mol.